The fourth-order valence-electron chi connectivity index (χ4n) is 2.04. The third kappa shape index (κ3) is 5.83. The predicted molar refractivity (Wildman–Crippen MR) is 89.8 cm³/mol. The van der Waals surface area contributed by atoms with Gasteiger partial charge in [0, 0.05) is 11.1 Å². The molecule has 0 aliphatic heterocycles. The smallest absolute Gasteiger partial charge is 0.418 e. The van der Waals surface area contributed by atoms with E-state index in [0.717, 1.165) is 0 Å². The molecule has 0 aliphatic rings. The van der Waals surface area contributed by atoms with Crippen LogP contribution in [0, 0.1) is 0 Å². The number of halogens is 4. The summed E-state index contributed by atoms with van der Waals surface area (Å²) < 4.78 is 39.0. The predicted octanol–water partition coefficient (Wildman–Crippen LogP) is 6.66. The first-order valence-electron chi connectivity index (χ1n) is 6.84. The molecule has 2 aromatic carbocycles. The standard InChI is InChI=1S/C17H13S.BF4/c1-3-8-14(9-4-1)16-12-7-13-18-17(16)15-10-5-2-6-11-15;2-1(3,4)5/h1-13H;/q+1;-1. The lowest BCUT2D eigenvalue weighted by Crippen LogP contribution is -2.02. The third-order valence-electron chi connectivity index (χ3n) is 2.89. The van der Waals surface area contributed by atoms with Crippen LogP contribution in [0.1, 0.15) is 0 Å². The van der Waals surface area contributed by atoms with E-state index in [1.165, 1.54) is 21.6 Å². The zero-order chi connectivity index (χ0) is 16.7. The van der Waals surface area contributed by atoms with E-state index in [0.29, 0.717) is 0 Å². The molecule has 1 aromatic heterocycles. The van der Waals surface area contributed by atoms with E-state index in [9.17, 15) is 17.3 Å². The normalized spacial score (nSPS) is 10.6. The highest BCUT2D eigenvalue weighted by atomic mass is 32.1. The van der Waals surface area contributed by atoms with Gasteiger partial charge in [0.05, 0.1) is 0 Å². The molecule has 0 atom stereocenters. The van der Waals surface area contributed by atoms with Crippen LogP contribution in [0.25, 0.3) is 21.6 Å². The van der Waals surface area contributed by atoms with Crippen LogP contribution < -0.4 is 0 Å². The van der Waals surface area contributed by atoms with Gasteiger partial charge in [-0.25, -0.2) is 0 Å². The third-order valence-corrected chi connectivity index (χ3v) is 3.88. The van der Waals surface area contributed by atoms with Crippen LogP contribution in [-0.2, 0) is 0 Å². The van der Waals surface area contributed by atoms with Gasteiger partial charge in [-0.1, -0.05) is 48.5 Å². The summed E-state index contributed by atoms with van der Waals surface area (Å²) in [4.78, 5) is 1.32. The Balaban J connectivity index is 0.000000338. The lowest BCUT2D eigenvalue weighted by molar-refractivity contribution is 0.368. The second-order valence-electron chi connectivity index (χ2n) is 4.58. The molecular weight excluding hydrogens is 323 g/mol. The van der Waals surface area contributed by atoms with Gasteiger partial charge in [0.15, 0.2) is 5.38 Å². The van der Waals surface area contributed by atoms with Gasteiger partial charge in [0.1, 0.15) is 0 Å². The lowest BCUT2D eigenvalue weighted by atomic mass is 10.0. The minimum absolute atomic E-state index is 1.27. The lowest BCUT2D eigenvalue weighted by Gasteiger charge is -2.01. The van der Waals surface area contributed by atoms with Gasteiger partial charge >= 0.3 is 7.25 Å². The average Bonchev–Trinajstić information content (AvgIpc) is 2.55. The van der Waals surface area contributed by atoms with Gasteiger partial charge in [-0.15, -0.1) is 0 Å². The second-order valence-corrected chi connectivity index (χ2v) is 5.50. The van der Waals surface area contributed by atoms with Gasteiger partial charge < -0.3 is 17.3 Å². The molecular formula is C17H13BF4S. The summed E-state index contributed by atoms with van der Waals surface area (Å²) in [6, 6.07) is 25.4. The number of benzene rings is 2. The highest BCUT2D eigenvalue weighted by Gasteiger charge is 2.20. The fourth-order valence-corrected chi connectivity index (χ4v) is 2.92. The zero-order valence-corrected chi connectivity index (χ0v) is 12.8. The second kappa shape index (κ2) is 7.88. The summed E-state index contributed by atoms with van der Waals surface area (Å²) in [6.07, 6.45) is 0. The van der Waals surface area contributed by atoms with Gasteiger partial charge in [-0.2, -0.15) is 0 Å². The van der Waals surface area contributed by atoms with E-state index in [1.807, 2.05) is 0 Å². The number of rotatable bonds is 2. The summed E-state index contributed by atoms with van der Waals surface area (Å²) in [5.41, 5.74) is 3.85. The van der Waals surface area contributed by atoms with Crippen molar-refractivity contribution in [3.05, 3.63) is 78.2 Å². The van der Waals surface area contributed by atoms with E-state index in [4.69, 9.17) is 0 Å². The van der Waals surface area contributed by atoms with Crippen molar-refractivity contribution in [2.24, 2.45) is 0 Å². The van der Waals surface area contributed by atoms with Crippen molar-refractivity contribution in [2.75, 3.05) is 0 Å². The summed E-state index contributed by atoms with van der Waals surface area (Å²) >= 11 is 1.79. The van der Waals surface area contributed by atoms with Gasteiger partial charge in [-0.05, 0) is 29.8 Å². The molecule has 0 amide bonds. The molecule has 0 spiro atoms. The van der Waals surface area contributed by atoms with Crippen molar-refractivity contribution < 1.29 is 17.3 Å². The highest BCUT2D eigenvalue weighted by molar-refractivity contribution is 7.13. The Morgan fingerprint density at radius 1 is 0.609 bits per heavy atom. The Morgan fingerprint density at radius 2 is 1.09 bits per heavy atom. The molecule has 0 nitrogen and oxygen atoms in total. The van der Waals surface area contributed by atoms with Crippen molar-refractivity contribution >= 4 is 18.6 Å². The molecule has 23 heavy (non-hydrogen) atoms. The van der Waals surface area contributed by atoms with Crippen LogP contribution in [0.3, 0.4) is 0 Å². The van der Waals surface area contributed by atoms with Crippen LogP contribution >= 0.6 is 11.3 Å². The van der Waals surface area contributed by atoms with Crippen molar-refractivity contribution in [1.82, 2.24) is 0 Å². The van der Waals surface area contributed by atoms with E-state index in [-0.39, 0.29) is 0 Å². The molecule has 0 aliphatic carbocycles. The molecule has 0 N–H and O–H groups in total. The minimum Gasteiger partial charge on any atom is -0.418 e. The molecule has 0 saturated carbocycles. The van der Waals surface area contributed by atoms with E-state index < -0.39 is 7.25 Å². The van der Waals surface area contributed by atoms with Crippen LogP contribution in [-0.4, -0.2) is 7.25 Å². The summed E-state index contributed by atoms with van der Waals surface area (Å²) in [7, 11) is -6.00. The van der Waals surface area contributed by atoms with E-state index in [1.54, 1.807) is 11.3 Å². The quantitative estimate of drug-likeness (QED) is 0.279. The van der Waals surface area contributed by atoms with Crippen LogP contribution in [0.4, 0.5) is 17.3 Å². The molecule has 3 aromatic rings. The first-order chi connectivity index (χ1) is 10.9. The minimum atomic E-state index is -6.00. The zero-order valence-electron chi connectivity index (χ0n) is 12.0. The Bertz CT molecular complexity index is 666. The molecule has 0 unspecified atom stereocenters. The first-order valence-corrected chi connectivity index (χ1v) is 7.72. The molecule has 0 fully saturated rings. The molecule has 0 bridgehead atoms. The fraction of sp³-hybridized carbons (Fsp3) is 0. The number of hydrogen-bond donors (Lipinski definition) is 0. The maximum absolute atomic E-state index is 9.75. The number of hydrogen-bond acceptors (Lipinski definition) is 0. The van der Waals surface area contributed by atoms with Crippen molar-refractivity contribution in [3.8, 4) is 21.6 Å². The summed E-state index contributed by atoms with van der Waals surface area (Å²) in [5, 5.41) is 2.13. The monoisotopic (exact) mass is 336 g/mol. The van der Waals surface area contributed by atoms with Crippen LogP contribution in [0.5, 0.6) is 0 Å². The topological polar surface area (TPSA) is 0 Å². The van der Waals surface area contributed by atoms with E-state index in [2.05, 4.69) is 78.2 Å². The Morgan fingerprint density at radius 3 is 1.61 bits per heavy atom. The highest BCUT2D eigenvalue weighted by Crippen LogP contribution is 2.34. The Labute approximate surface area is 136 Å². The Kier molecular flexibility index (Phi) is 5.87. The van der Waals surface area contributed by atoms with Crippen LogP contribution in [0.15, 0.2) is 78.2 Å². The largest absolute Gasteiger partial charge is 0.673 e. The molecule has 0 saturated heterocycles. The van der Waals surface area contributed by atoms with E-state index >= 15 is 0 Å². The van der Waals surface area contributed by atoms with Crippen molar-refractivity contribution in [1.29, 1.82) is 0 Å². The molecule has 118 valence electrons. The summed E-state index contributed by atoms with van der Waals surface area (Å²) in [5.74, 6) is 0. The van der Waals surface area contributed by atoms with Gasteiger partial charge in [0.25, 0.3) is 0 Å². The SMILES string of the molecule is F[B-](F)(F)F.c1ccc(-c2ccc[s+]c2-c2ccccc2)cc1. The maximum atomic E-state index is 9.75. The van der Waals surface area contributed by atoms with Crippen molar-refractivity contribution in [3.63, 3.8) is 0 Å². The first kappa shape index (κ1) is 17.2. The van der Waals surface area contributed by atoms with Crippen LogP contribution in [0.2, 0.25) is 0 Å². The maximum Gasteiger partial charge on any atom is 0.673 e. The van der Waals surface area contributed by atoms with Gasteiger partial charge in [0.2, 0.25) is 16.2 Å². The summed E-state index contributed by atoms with van der Waals surface area (Å²) in [6.45, 7) is 0. The molecule has 3 rings (SSSR count). The molecule has 1 heterocycles. The molecule has 0 radical (unpaired) electrons. The van der Waals surface area contributed by atoms with Gasteiger partial charge in [-0.3, -0.25) is 0 Å². The molecule has 6 heteroatoms. The average molecular weight is 336 g/mol. The van der Waals surface area contributed by atoms with Crippen molar-refractivity contribution in [2.45, 2.75) is 0 Å². The Hall–Kier alpha value is -2.21.